The number of piperidine rings is 1. The highest BCUT2D eigenvalue weighted by atomic mass is 19.1. The lowest BCUT2D eigenvalue weighted by molar-refractivity contribution is 0.240. The quantitative estimate of drug-likeness (QED) is 0.463. The molecule has 0 amide bonds. The second kappa shape index (κ2) is 7.65. The van der Waals surface area contributed by atoms with E-state index in [1.165, 1.54) is 6.20 Å². The molecular formula is C20H19F3N8. The zero-order valence-electron chi connectivity index (χ0n) is 16.5. The number of hydrogen-bond donors (Lipinski definition) is 3. The smallest absolute Gasteiger partial charge is 0.181 e. The lowest BCUT2D eigenvalue weighted by Crippen LogP contribution is -2.46. The minimum atomic E-state index is -1.15. The van der Waals surface area contributed by atoms with E-state index in [1.807, 2.05) is 0 Å². The predicted octanol–water partition coefficient (Wildman–Crippen LogP) is 2.88. The number of aromatic amines is 1. The summed E-state index contributed by atoms with van der Waals surface area (Å²) in [4.78, 5) is 12.7. The summed E-state index contributed by atoms with van der Waals surface area (Å²) in [6.07, 6.45) is 2.31. The molecule has 1 aliphatic heterocycles. The van der Waals surface area contributed by atoms with E-state index < -0.39 is 23.8 Å². The number of halogens is 3. The van der Waals surface area contributed by atoms with Crippen LogP contribution in [-0.4, -0.2) is 54.9 Å². The fraction of sp³-hybridized carbons (Fsp3) is 0.300. The first-order chi connectivity index (χ1) is 15.0. The van der Waals surface area contributed by atoms with E-state index in [0.29, 0.717) is 42.5 Å². The molecule has 2 unspecified atom stereocenters. The number of aromatic nitrogens is 6. The van der Waals surface area contributed by atoms with Crippen molar-refractivity contribution in [3.05, 3.63) is 48.1 Å². The minimum Gasteiger partial charge on any atom is -0.361 e. The fourth-order valence-corrected chi connectivity index (χ4v) is 3.66. The summed E-state index contributed by atoms with van der Waals surface area (Å²) in [7, 11) is 0. The summed E-state index contributed by atoms with van der Waals surface area (Å²) in [5.41, 5.74) is 1.52. The number of rotatable bonds is 4. The number of nitrogens with one attached hydrogen (secondary N) is 3. The Morgan fingerprint density at radius 3 is 2.84 bits per heavy atom. The first-order valence-corrected chi connectivity index (χ1v) is 9.84. The molecule has 31 heavy (non-hydrogen) atoms. The standard InChI is InChI=1S/C20H19F3N8/c1-10-26-19(30-29-10)11-3-5-31-16(9-25-17(31)6-11)18-13(22)7-14(23)20(28-18)27-15-8-24-4-2-12(15)21/h3,5-7,9,12,15,24H,2,4,8H2,1H3,(H,27,28)(H,26,29,30). The molecule has 1 saturated heterocycles. The van der Waals surface area contributed by atoms with Crippen molar-refractivity contribution in [2.24, 2.45) is 0 Å². The van der Waals surface area contributed by atoms with Crippen LogP contribution in [0.25, 0.3) is 28.4 Å². The number of fused-ring (bicyclic) bond motifs is 1. The number of nitrogens with zero attached hydrogens (tertiary/aromatic N) is 5. The Hall–Kier alpha value is -3.47. The van der Waals surface area contributed by atoms with Crippen molar-refractivity contribution >= 4 is 11.5 Å². The van der Waals surface area contributed by atoms with Gasteiger partial charge < -0.3 is 10.6 Å². The Morgan fingerprint density at radius 1 is 1.19 bits per heavy atom. The molecule has 1 aliphatic rings. The molecule has 5 rings (SSSR count). The molecule has 8 nitrogen and oxygen atoms in total. The van der Waals surface area contributed by atoms with Crippen molar-refractivity contribution in [3.63, 3.8) is 0 Å². The first-order valence-electron chi connectivity index (χ1n) is 9.84. The van der Waals surface area contributed by atoms with Crippen molar-refractivity contribution in [2.45, 2.75) is 25.6 Å². The van der Waals surface area contributed by atoms with Crippen molar-refractivity contribution in [1.29, 1.82) is 0 Å². The highest BCUT2D eigenvalue weighted by Crippen LogP contribution is 2.28. The normalized spacial score (nSPS) is 19.1. The van der Waals surface area contributed by atoms with Crippen molar-refractivity contribution < 1.29 is 13.2 Å². The molecule has 0 radical (unpaired) electrons. The van der Waals surface area contributed by atoms with Crippen LogP contribution in [0.15, 0.2) is 30.6 Å². The highest BCUT2D eigenvalue weighted by Gasteiger charge is 2.26. The summed E-state index contributed by atoms with van der Waals surface area (Å²) in [6.45, 7) is 2.68. The number of H-pyrrole nitrogens is 1. The third kappa shape index (κ3) is 3.61. The Bertz CT molecular complexity index is 1250. The lowest BCUT2D eigenvalue weighted by atomic mass is 10.1. The Balaban J connectivity index is 1.52. The number of alkyl halides is 1. The molecule has 4 aromatic heterocycles. The van der Waals surface area contributed by atoms with Gasteiger partial charge in [0.15, 0.2) is 23.3 Å². The SMILES string of the molecule is Cc1nc(-c2ccn3c(-c4nc(NC5CNCCC5F)c(F)cc4F)cnc3c2)n[nH]1. The van der Waals surface area contributed by atoms with E-state index in [0.717, 1.165) is 11.6 Å². The maximum atomic E-state index is 14.6. The van der Waals surface area contributed by atoms with Gasteiger partial charge in [-0.05, 0) is 32.0 Å². The lowest BCUT2D eigenvalue weighted by Gasteiger charge is -2.28. The van der Waals surface area contributed by atoms with Gasteiger partial charge in [0.2, 0.25) is 0 Å². The van der Waals surface area contributed by atoms with E-state index >= 15 is 0 Å². The third-order valence-corrected chi connectivity index (χ3v) is 5.26. The van der Waals surface area contributed by atoms with Gasteiger partial charge in [-0.1, -0.05) is 0 Å². The monoisotopic (exact) mass is 428 g/mol. The topological polar surface area (TPSA) is 95.8 Å². The van der Waals surface area contributed by atoms with Gasteiger partial charge in [0.05, 0.1) is 17.9 Å². The average Bonchev–Trinajstić information content (AvgIpc) is 3.37. The van der Waals surface area contributed by atoms with Gasteiger partial charge in [0.25, 0.3) is 0 Å². The summed E-state index contributed by atoms with van der Waals surface area (Å²) in [5.74, 6) is -0.716. The van der Waals surface area contributed by atoms with E-state index in [1.54, 1.807) is 29.7 Å². The second-order valence-corrected chi connectivity index (χ2v) is 7.44. The van der Waals surface area contributed by atoms with Crippen LogP contribution in [0.3, 0.4) is 0 Å². The van der Waals surface area contributed by atoms with Gasteiger partial charge in [-0.2, -0.15) is 5.10 Å². The molecule has 1 fully saturated rings. The first kappa shape index (κ1) is 19.5. The molecule has 0 spiro atoms. The van der Waals surface area contributed by atoms with Crippen LogP contribution in [0.4, 0.5) is 19.0 Å². The Morgan fingerprint density at radius 2 is 2.06 bits per heavy atom. The van der Waals surface area contributed by atoms with Crippen LogP contribution in [0, 0.1) is 18.6 Å². The number of pyridine rings is 2. The highest BCUT2D eigenvalue weighted by molar-refractivity contribution is 5.67. The largest absolute Gasteiger partial charge is 0.361 e. The summed E-state index contributed by atoms with van der Waals surface area (Å²) >= 11 is 0. The zero-order valence-corrected chi connectivity index (χ0v) is 16.5. The zero-order chi connectivity index (χ0) is 21.5. The van der Waals surface area contributed by atoms with Crippen LogP contribution < -0.4 is 10.6 Å². The molecular weight excluding hydrogens is 409 g/mol. The predicted molar refractivity (Wildman–Crippen MR) is 108 cm³/mol. The molecule has 4 aromatic rings. The second-order valence-electron chi connectivity index (χ2n) is 7.44. The maximum absolute atomic E-state index is 14.6. The Labute approximate surface area is 175 Å². The van der Waals surface area contributed by atoms with Crippen molar-refractivity contribution in [3.8, 4) is 22.8 Å². The van der Waals surface area contributed by atoms with Crippen molar-refractivity contribution in [1.82, 2.24) is 34.9 Å². The molecule has 3 N–H and O–H groups in total. The van der Waals surface area contributed by atoms with E-state index in [2.05, 4.69) is 35.8 Å². The van der Waals surface area contributed by atoms with E-state index in [9.17, 15) is 13.2 Å². The average molecular weight is 428 g/mol. The molecule has 0 bridgehead atoms. The minimum absolute atomic E-state index is 0.0861. The molecule has 160 valence electrons. The summed E-state index contributed by atoms with van der Waals surface area (Å²) < 4.78 is 44.8. The Kier molecular flexibility index (Phi) is 4.81. The van der Waals surface area contributed by atoms with Gasteiger partial charge in [0.1, 0.15) is 23.3 Å². The summed E-state index contributed by atoms with van der Waals surface area (Å²) in [6, 6.07) is 3.62. The molecule has 2 atom stereocenters. The maximum Gasteiger partial charge on any atom is 0.181 e. The van der Waals surface area contributed by atoms with Gasteiger partial charge >= 0.3 is 0 Å². The van der Waals surface area contributed by atoms with Crippen LogP contribution in [0.1, 0.15) is 12.2 Å². The van der Waals surface area contributed by atoms with Crippen LogP contribution >= 0.6 is 0 Å². The molecule has 0 aliphatic carbocycles. The molecule has 0 aromatic carbocycles. The molecule has 11 heteroatoms. The van der Waals surface area contributed by atoms with Crippen LogP contribution in [-0.2, 0) is 0 Å². The van der Waals surface area contributed by atoms with Crippen LogP contribution in [0.5, 0.6) is 0 Å². The number of anilines is 1. The summed E-state index contributed by atoms with van der Waals surface area (Å²) in [5, 5.41) is 12.7. The van der Waals surface area contributed by atoms with Gasteiger partial charge in [-0.15, -0.1) is 0 Å². The van der Waals surface area contributed by atoms with Crippen molar-refractivity contribution in [2.75, 3.05) is 18.4 Å². The number of hydrogen-bond acceptors (Lipinski definition) is 6. The van der Waals surface area contributed by atoms with E-state index in [4.69, 9.17) is 0 Å². The number of imidazole rings is 1. The number of aryl methyl sites for hydroxylation is 1. The molecule has 0 saturated carbocycles. The van der Waals surface area contributed by atoms with E-state index in [-0.39, 0.29) is 11.5 Å². The fourth-order valence-electron chi connectivity index (χ4n) is 3.66. The van der Waals surface area contributed by atoms with Gasteiger partial charge in [0, 0.05) is 24.4 Å². The molecule has 5 heterocycles. The van der Waals surface area contributed by atoms with Crippen LogP contribution in [0.2, 0.25) is 0 Å². The third-order valence-electron chi connectivity index (χ3n) is 5.26. The van der Waals surface area contributed by atoms with Gasteiger partial charge in [-0.3, -0.25) is 9.50 Å². The van der Waals surface area contributed by atoms with Gasteiger partial charge in [-0.25, -0.2) is 28.1 Å².